The van der Waals surface area contributed by atoms with Gasteiger partial charge in [0.15, 0.2) is 11.0 Å². The first-order chi connectivity index (χ1) is 8.97. The lowest BCUT2D eigenvalue weighted by molar-refractivity contribution is 0.102. The zero-order chi connectivity index (χ0) is 14.0. The molecule has 2 aromatic rings. The van der Waals surface area contributed by atoms with Crippen LogP contribution in [0.1, 0.15) is 10.4 Å². The number of rotatable bonds is 2. The maximum absolute atomic E-state index is 13.2. The molecule has 8 heteroatoms. The molecule has 0 saturated carbocycles. The van der Waals surface area contributed by atoms with Crippen molar-refractivity contribution in [3.63, 3.8) is 0 Å². The molecule has 0 bridgehead atoms. The number of aromatic nitrogens is 2. The van der Waals surface area contributed by atoms with Crippen molar-refractivity contribution in [3.05, 3.63) is 45.3 Å². The van der Waals surface area contributed by atoms with Crippen LogP contribution in [0.4, 0.5) is 15.9 Å². The molecule has 1 amide bonds. The number of nitrogens with zero attached hydrogens (tertiary/aromatic N) is 2. The summed E-state index contributed by atoms with van der Waals surface area (Å²) in [5.41, 5.74) is 5.49. The van der Waals surface area contributed by atoms with E-state index >= 15 is 0 Å². The average Bonchev–Trinajstić information content (AvgIpc) is 2.36. The van der Waals surface area contributed by atoms with Gasteiger partial charge in [0.05, 0.1) is 11.3 Å². The number of amides is 1. The molecule has 0 aliphatic carbocycles. The van der Waals surface area contributed by atoms with E-state index < -0.39 is 11.7 Å². The molecular formula is C11H7BrClFN4O. The van der Waals surface area contributed by atoms with E-state index in [4.69, 9.17) is 17.3 Å². The second-order valence-electron chi connectivity index (χ2n) is 3.55. The van der Waals surface area contributed by atoms with E-state index in [0.717, 1.165) is 6.07 Å². The van der Waals surface area contributed by atoms with E-state index in [1.807, 2.05) is 0 Å². The Morgan fingerprint density at radius 3 is 2.74 bits per heavy atom. The molecule has 1 aromatic heterocycles. The van der Waals surface area contributed by atoms with Crippen molar-refractivity contribution in [1.82, 2.24) is 10.2 Å². The standard InChI is InChI=1S/C11H7BrClFN4O/c12-6-4-7(14)8(15)3-5(6)11(19)16-10-2-1-9(13)17-18-10/h1-4H,15H2,(H,16,18,19). The highest BCUT2D eigenvalue weighted by Gasteiger charge is 2.14. The molecule has 0 aliphatic heterocycles. The molecule has 0 unspecified atom stereocenters. The zero-order valence-corrected chi connectivity index (χ0v) is 11.7. The third kappa shape index (κ3) is 3.18. The highest BCUT2D eigenvalue weighted by Crippen LogP contribution is 2.23. The third-order valence-electron chi connectivity index (χ3n) is 2.20. The minimum absolute atomic E-state index is 0.115. The van der Waals surface area contributed by atoms with Crippen LogP contribution in [-0.4, -0.2) is 16.1 Å². The number of nitrogen functional groups attached to an aromatic ring is 1. The molecule has 1 heterocycles. The number of carbonyl (C=O) groups is 1. The summed E-state index contributed by atoms with van der Waals surface area (Å²) in [6.07, 6.45) is 0. The summed E-state index contributed by atoms with van der Waals surface area (Å²) < 4.78 is 13.5. The highest BCUT2D eigenvalue weighted by molar-refractivity contribution is 9.10. The predicted molar refractivity (Wildman–Crippen MR) is 73.5 cm³/mol. The second-order valence-corrected chi connectivity index (χ2v) is 4.79. The van der Waals surface area contributed by atoms with Crippen molar-refractivity contribution >= 4 is 44.9 Å². The summed E-state index contributed by atoms with van der Waals surface area (Å²) >= 11 is 8.67. The third-order valence-corrected chi connectivity index (χ3v) is 3.06. The lowest BCUT2D eigenvalue weighted by Crippen LogP contribution is -2.14. The topological polar surface area (TPSA) is 80.9 Å². The lowest BCUT2D eigenvalue weighted by Gasteiger charge is -2.07. The van der Waals surface area contributed by atoms with Gasteiger partial charge in [-0.3, -0.25) is 4.79 Å². The summed E-state index contributed by atoms with van der Waals surface area (Å²) in [6, 6.07) is 5.34. The van der Waals surface area contributed by atoms with Gasteiger partial charge in [-0.05, 0) is 40.2 Å². The zero-order valence-electron chi connectivity index (χ0n) is 9.32. The normalized spacial score (nSPS) is 10.3. The molecule has 0 atom stereocenters. The molecule has 3 N–H and O–H groups in total. The highest BCUT2D eigenvalue weighted by atomic mass is 79.9. The number of benzene rings is 1. The minimum atomic E-state index is -0.602. The van der Waals surface area contributed by atoms with Crippen LogP contribution in [0.25, 0.3) is 0 Å². The fourth-order valence-corrected chi connectivity index (χ4v) is 1.90. The first-order valence-electron chi connectivity index (χ1n) is 5.02. The van der Waals surface area contributed by atoms with Crippen molar-refractivity contribution in [2.75, 3.05) is 11.1 Å². The largest absolute Gasteiger partial charge is 0.396 e. The summed E-state index contributed by atoms with van der Waals surface area (Å²) in [7, 11) is 0. The van der Waals surface area contributed by atoms with Gasteiger partial charge in [0.25, 0.3) is 5.91 Å². The Hall–Kier alpha value is -1.73. The van der Waals surface area contributed by atoms with Crippen molar-refractivity contribution in [3.8, 4) is 0 Å². The number of carbonyl (C=O) groups excluding carboxylic acids is 1. The molecule has 0 fully saturated rings. The molecule has 19 heavy (non-hydrogen) atoms. The minimum Gasteiger partial charge on any atom is -0.396 e. The number of hydrogen-bond donors (Lipinski definition) is 2. The van der Waals surface area contributed by atoms with E-state index in [1.54, 1.807) is 0 Å². The summed E-state index contributed by atoms with van der Waals surface area (Å²) in [5.74, 6) is -0.867. The Bertz CT molecular complexity index is 635. The SMILES string of the molecule is Nc1cc(C(=O)Nc2ccc(Cl)nn2)c(Br)cc1F. The van der Waals surface area contributed by atoms with Gasteiger partial charge < -0.3 is 11.1 Å². The van der Waals surface area contributed by atoms with E-state index in [1.165, 1.54) is 18.2 Å². The monoisotopic (exact) mass is 344 g/mol. The van der Waals surface area contributed by atoms with Gasteiger partial charge in [-0.1, -0.05) is 11.6 Å². The van der Waals surface area contributed by atoms with Crippen LogP contribution in [0.2, 0.25) is 5.15 Å². The number of hydrogen-bond acceptors (Lipinski definition) is 4. The predicted octanol–water partition coefficient (Wildman–Crippen LogP) is 2.87. The van der Waals surface area contributed by atoms with Crippen LogP contribution in [-0.2, 0) is 0 Å². The van der Waals surface area contributed by atoms with E-state index in [2.05, 4.69) is 31.4 Å². The average molecular weight is 346 g/mol. The smallest absolute Gasteiger partial charge is 0.258 e. The first kappa shape index (κ1) is 13.7. The van der Waals surface area contributed by atoms with Crippen LogP contribution >= 0.6 is 27.5 Å². The first-order valence-corrected chi connectivity index (χ1v) is 6.19. The number of halogens is 3. The molecule has 1 aromatic carbocycles. The van der Waals surface area contributed by atoms with Crippen LogP contribution in [0.15, 0.2) is 28.7 Å². The van der Waals surface area contributed by atoms with Crippen LogP contribution in [0.3, 0.4) is 0 Å². The van der Waals surface area contributed by atoms with Gasteiger partial charge in [0, 0.05) is 4.47 Å². The summed E-state index contributed by atoms with van der Waals surface area (Å²) in [4.78, 5) is 12.0. The molecule has 5 nitrogen and oxygen atoms in total. The number of anilines is 2. The lowest BCUT2D eigenvalue weighted by atomic mass is 10.2. The van der Waals surface area contributed by atoms with Crippen molar-refractivity contribution in [2.45, 2.75) is 0 Å². The van der Waals surface area contributed by atoms with Gasteiger partial charge in [0.2, 0.25) is 0 Å². The Morgan fingerprint density at radius 1 is 1.37 bits per heavy atom. The maximum atomic E-state index is 13.2. The number of nitrogens with two attached hydrogens (primary N) is 1. The van der Waals surface area contributed by atoms with Crippen LogP contribution in [0.5, 0.6) is 0 Å². The molecule has 2 rings (SSSR count). The maximum Gasteiger partial charge on any atom is 0.258 e. The second kappa shape index (κ2) is 5.50. The van der Waals surface area contributed by atoms with Crippen molar-refractivity contribution < 1.29 is 9.18 Å². The van der Waals surface area contributed by atoms with E-state index in [0.29, 0.717) is 4.47 Å². The summed E-state index contributed by atoms with van der Waals surface area (Å²) in [5, 5.41) is 9.97. The fraction of sp³-hybridized carbons (Fsp3) is 0. The van der Waals surface area contributed by atoms with E-state index in [-0.39, 0.29) is 22.2 Å². The van der Waals surface area contributed by atoms with Crippen LogP contribution < -0.4 is 11.1 Å². The Kier molecular flexibility index (Phi) is 3.96. The Balaban J connectivity index is 2.25. The molecule has 0 radical (unpaired) electrons. The van der Waals surface area contributed by atoms with Gasteiger partial charge in [-0.2, -0.15) is 0 Å². The van der Waals surface area contributed by atoms with Crippen LogP contribution in [0, 0.1) is 5.82 Å². The summed E-state index contributed by atoms with van der Waals surface area (Å²) in [6.45, 7) is 0. The van der Waals surface area contributed by atoms with Crippen molar-refractivity contribution in [2.24, 2.45) is 0 Å². The molecular weight excluding hydrogens is 339 g/mol. The fourth-order valence-electron chi connectivity index (χ4n) is 1.31. The molecule has 0 saturated heterocycles. The molecule has 98 valence electrons. The van der Waals surface area contributed by atoms with Gasteiger partial charge in [-0.25, -0.2) is 4.39 Å². The molecule has 0 aliphatic rings. The number of nitrogens with one attached hydrogen (secondary N) is 1. The Labute approximate surface area is 121 Å². The molecule has 0 spiro atoms. The van der Waals surface area contributed by atoms with Gasteiger partial charge in [0.1, 0.15) is 5.82 Å². The van der Waals surface area contributed by atoms with Gasteiger partial charge in [-0.15, -0.1) is 10.2 Å². The quantitative estimate of drug-likeness (QED) is 0.820. The Morgan fingerprint density at radius 2 is 2.11 bits per heavy atom. The van der Waals surface area contributed by atoms with E-state index in [9.17, 15) is 9.18 Å². The van der Waals surface area contributed by atoms with Gasteiger partial charge >= 0.3 is 0 Å². The van der Waals surface area contributed by atoms with Crippen molar-refractivity contribution in [1.29, 1.82) is 0 Å².